The summed E-state index contributed by atoms with van der Waals surface area (Å²) >= 11 is 1.45. The van der Waals surface area contributed by atoms with Crippen molar-refractivity contribution < 1.29 is 13.9 Å². The Morgan fingerprint density at radius 3 is 2.89 bits per heavy atom. The van der Waals surface area contributed by atoms with Crippen molar-refractivity contribution in [2.24, 2.45) is 0 Å². The smallest absolute Gasteiger partial charge is 0.251 e. The highest BCUT2D eigenvalue weighted by Crippen LogP contribution is 2.27. The van der Waals surface area contributed by atoms with Crippen LogP contribution in [0.25, 0.3) is 6.08 Å². The van der Waals surface area contributed by atoms with Gasteiger partial charge in [-0.1, -0.05) is 24.8 Å². The van der Waals surface area contributed by atoms with E-state index in [0.29, 0.717) is 23.6 Å². The second-order valence-corrected chi connectivity index (χ2v) is 6.97. The zero-order valence-electron chi connectivity index (χ0n) is 15.3. The van der Waals surface area contributed by atoms with E-state index in [2.05, 4.69) is 16.9 Å². The molecule has 1 amide bonds. The lowest BCUT2D eigenvalue weighted by atomic mass is 10.1. The Morgan fingerprint density at radius 2 is 2.14 bits per heavy atom. The molecule has 4 nitrogen and oxygen atoms in total. The molecule has 6 heteroatoms. The number of benzene rings is 1. The summed E-state index contributed by atoms with van der Waals surface area (Å²) in [7, 11) is 0. The van der Waals surface area contributed by atoms with Crippen molar-refractivity contribution in [3.8, 4) is 11.5 Å². The third kappa shape index (κ3) is 5.14. The lowest BCUT2D eigenvalue weighted by molar-refractivity contribution is -0.117. The van der Waals surface area contributed by atoms with E-state index < -0.39 is 0 Å². The molecule has 0 aliphatic rings. The Bertz CT molecular complexity index is 1030. The molecule has 0 radical (unpaired) electrons. The fourth-order valence-corrected chi connectivity index (χ4v) is 3.20. The molecule has 0 spiro atoms. The van der Waals surface area contributed by atoms with Gasteiger partial charge in [0.2, 0.25) is 0 Å². The van der Waals surface area contributed by atoms with Crippen LogP contribution in [0.15, 0.2) is 72.3 Å². The molecule has 0 aliphatic carbocycles. The van der Waals surface area contributed by atoms with Crippen molar-refractivity contribution in [3.63, 3.8) is 0 Å². The lowest BCUT2D eigenvalue weighted by Crippen LogP contribution is -2.23. The van der Waals surface area contributed by atoms with Crippen molar-refractivity contribution in [3.05, 3.63) is 94.2 Å². The van der Waals surface area contributed by atoms with E-state index in [0.717, 1.165) is 16.1 Å². The molecule has 3 rings (SSSR count). The largest absolute Gasteiger partial charge is 0.456 e. The molecule has 0 saturated carbocycles. The molecule has 0 aliphatic heterocycles. The van der Waals surface area contributed by atoms with Gasteiger partial charge in [-0.05, 0) is 42.8 Å². The van der Waals surface area contributed by atoms with Gasteiger partial charge in [-0.15, -0.1) is 11.3 Å². The van der Waals surface area contributed by atoms with Crippen LogP contribution in [0.5, 0.6) is 11.5 Å². The van der Waals surface area contributed by atoms with E-state index in [1.165, 1.54) is 29.5 Å². The van der Waals surface area contributed by atoms with E-state index in [1.54, 1.807) is 24.4 Å². The number of carbonyl (C=O) groups is 1. The molecular weight excluding hydrogens is 375 g/mol. The SMILES string of the molecule is C=C/C(=C\c1cccnc1C)C(=O)NCc1cc(Oc2cccc(F)c2)cs1. The van der Waals surface area contributed by atoms with Gasteiger partial charge in [0.15, 0.2) is 0 Å². The molecule has 0 fully saturated rings. The van der Waals surface area contributed by atoms with E-state index in [9.17, 15) is 9.18 Å². The second kappa shape index (κ2) is 9.10. The van der Waals surface area contributed by atoms with Crippen molar-refractivity contribution in [2.45, 2.75) is 13.5 Å². The highest BCUT2D eigenvalue weighted by Gasteiger charge is 2.09. The minimum absolute atomic E-state index is 0.223. The Labute approximate surface area is 167 Å². The minimum atomic E-state index is -0.354. The van der Waals surface area contributed by atoms with Crippen LogP contribution in [0.1, 0.15) is 16.1 Å². The molecule has 2 heterocycles. The maximum Gasteiger partial charge on any atom is 0.251 e. The summed E-state index contributed by atoms with van der Waals surface area (Å²) in [6.07, 6.45) is 4.99. The van der Waals surface area contributed by atoms with Crippen molar-refractivity contribution in [2.75, 3.05) is 0 Å². The average molecular weight is 394 g/mol. The topological polar surface area (TPSA) is 51.2 Å². The Morgan fingerprint density at radius 1 is 1.29 bits per heavy atom. The van der Waals surface area contributed by atoms with Crippen LogP contribution >= 0.6 is 11.3 Å². The molecule has 3 aromatic rings. The van der Waals surface area contributed by atoms with Gasteiger partial charge in [-0.3, -0.25) is 9.78 Å². The molecule has 0 atom stereocenters. The average Bonchev–Trinajstić information content (AvgIpc) is 3.13. The number of thiophene rings is 1. The van der Waals surface area contributed by atoms with Gasteiger partial charge in [-0.25, -0.2) is 4.39 Å². The highest BCUT2D eigenvalue weighted by atomic mass is 32.1. The van der Waals surface area contributed by atoms with Crippen LogP contribution in [-0.4, -0.2) is 10.9 Å². The zero-order chi connectivity index (χ0) is 19.9. The van der Waals surface area contributed by atoms with Crippen molar-refractivity contribution in [1.82, 2.24) is 10.3 Å². The molecule has 0 saturated heterocycles. The molecule has 0 bridgehead atoms. The predicted octanol–water partition coefficient (Wildman–Crippen LogP) is 5.27. The number of hydrogen-bond donors (Lipinski definition) is 1. The van der Waals surface area contributed by atoms with E-state index in [1.807, 2.05) is 30.5 Å². The fraction of sp³-hybridized carbons (Fsp3) is 0.0909. The summed E-state index contributed by atoms with van der Waals surface area (Å²) in [5.41, 5.74) is 2.17. The second-order valence-electron chi connectivity index (χ2n) is 5.97. The number of aryl methyl sites for hydroxylation is 1. The van der Waals surface area contributed by atoms with Crippen LogP contribution in [0.2, 0.25) is 0 Å². The Hall–Kier alpha value is -3.25. The number of hydrogen-bond acceptors (Lipinski definition) is 4. The Kier molecular flexibility index (Phi) is 6.34. The molecule has 28 heavy (non-hydrogen) atoms. The highest BCUT2D eigenvalue weighted by molar-refractivity contribution is 7.10. The van der Waals surface area contributed by atoms with E-state index >= 15 is 0 Å². The summed E-state index contributed by atoms with van der Waals surface area (Å²) in [6.45, 7) is 5.96. The first-order valence-corrected chi connectivity index (χ1v) is 9.48. The van der Waals surface area contributed by atoms with Crippen LogP contribution in [0.4, 0.5) is 4.39 Å². The van der Waals surface area contributed by atoms with Gasteiger partial charge in [0.05, 0.1) is 6.54 Å². The van der Waals surface area contributed by atoms with Gasteiger partial charge < -0.3 is 10.1 Å². The number of pyridine rings is 1. The first kappa shape index (κ1) is 19.5. The van der Waals surface area contributed by atoms with Gasteiger partial charge in [0, 0.05) is 33.8 Å². The minimum Gasteiger partial charge on any atom is -0.456 e. The number of halogens is 1. The van der Waals surface area contributed by atoms with Crippen LogP contribution in [0.3, 0.4) is 0 Å². The third-order valence-corrected chi connectivity index (χ3v) is 4.84. The lowest BCUT2D eigenvalue weighted by Gasteiger charge is -2.06. The van der Waals surface area contributed by atoms with Crippen LogP contribution < -0.4 is 10.1 Å². The van der Waals surface area contributed by atoms with E-state index in [4.69, 9.17) is 4.74 Å². The number of rotatable bonds is 7. The molecule has 142 valence electrons. The van der Waals surface area contributed by atoms with Crippen LogP contribution in [-0.2, 0) is 11.3 Å². The predicted molar refractivity (Wildman–Crippen MR) is 110 cm³/mol. The normalized spacial score (nSPS) is 11.1. The number of aromatic nitrogens is 1. The van der Waals surface area contributed by atoms with Gasteiger partial charge >= 0.3 is 0 Å². The fourth-order valence-electron chi connectivity index (χ4n) is 2.48. The standard InChI is InChI=1S/C22H19FN2O2S/c1-3-16(10-17-6-5-9-24-15(17)2)22(26)25-13-21-12-20(14-28-21)27-19-8-4-7-18(23)11-19/h3-12,14H,1,13H2,2H3,(H,25,26)/b16-10+. The summed E-state index contributed by atoms with van der Waals surface area (Å²) in [4.78, 5) is 17.6. The summed E-state index contributed by atoms with van der Waals surface area (Å²) in [5.74, 6) is 0.453. The van der Waals surface area contributed by atoms with Crippen molar-refractivity contribution >= 4 is 23.3 Å². The van der Waals surface area contributed by atoms with Gasteiger partial charge in [-0.2, -0.15) is 0 Å². The summed E-state index contributed by atoms with van der Waals surface area (Å²) < 4.78 is 18.9. The first-order valence-electron chi connectivity index (χ1n) is 8.60. The van der Waals surface area contributed by atoms with Crippen molar-refractivity contribution in [1.29, 1.82) is 0 Å². The third-order valence-electron chi connectivity index (χ3n) is 3.93. The molecule has 0 unspecified atom stereocenters. The first-order chi connectivity index (χ1) is 13.5. The number of carbonyl (C=O) groups excluding carboxylic acids is 1. The maximum atomic E-state index is 13.2. The molecular formula is C22H19FN2O2S. The van der Waals surface area contributed by atoms with Crippen LogP contribution in [0, 0.1) is 12.7 Å². The molecule has 2 aromatic heterocycles. The number of ether oxygens (including phenoxy) is 1. The zero-order valence-corrected chi connectivity index (χ0v) is 16.1. The summed E-state index contributed by atoms with van der Waals surface area (Å²) in [6, 6.07) is 11.5. The summed E-state index contributed by atoms with van der Waals surface area (Å²) in [5, 5.41) is 4.69. The van der Waals surface area contributed by atoms with Gasteiger partial charge in [0.25, 0.3) is 5.91 Å². The number of nitrogens with one attached hydrogen (secondary N) is 1. The number of nitrogens with zero attached hydrogens (tertiary/aromatic N) is 1. The molecule has 1 aromatic carbocycles. The monoisotopic (exact) mass is 394 g/mol. The maximum absolute atomic E-state index is 13.2. The Balaban J connectivity index is 1.62. The quantitative estimate of drug-likeness (QED) is 0.439. The molecule has 1 N–H and O–H groups in total. The number of amides is 1. The van der Waals surface area contributed by atoms with Gasteiger partial charge in [0.1, 0.15) is 17.3 Å². The van der Waals surface area contributed by atoms with E-state index in [-0.39, 0.29) is 11.7 Å².